The van der Waals surface area contributed by atoms with Gasteiger partial charge >= 0.3 is 5.97 Å². The second-order valence-corrected chi connectivity index (χ2v) is 5.19. The summed E-state index contributed by atoms with van der Waals surface area (Å²) in [5.74, 6) is -0.385. The van der Waals surface area contributed by atoms with E-state index in [1.807, 2.05) is 12.1 Å². The number of carbonyl (C=O) groups excluding carboxylic acids is 1. The Kier molecular flexibility index (Phi) is 6.31. The second kappa shape index (κ2) is 8.67. The number of carboxylic acid groups (broad SMARTS) is 1. The molecule has 0 bridgehead atoms. The predicted molar refractivity (Wildman–Crippen MR) is 86.5 cm³/mol. The van der Waals surface area contributed by atoms with Crippen molar-refractivity contribution in [2.45, 2.75) is 19.3 Å². The van der Waals surface area contributed by atoms with Gasteiger partial charge in [0.05, 0.1) is 6.42 Å². The molecule has 0 spiro atoms. The Hall–Kier alpha value is -2.89. The molecule has 0 radical (unpaired) electrons. The van der Waals surface area contributed by atoms with Crippen LogP contribution in [-0.2, 0) is 16.0 Å². The van der Waals surface area contributed by atoms with Crippen molar-refractivity contribution in [1.82, 2.24) is 5.32 Å². The lowest BCUT2D eigenvalue weighted by Crippen LogP contribution is -2.25. The van der Waals surface area contributed by atoms with E-state index in [0.717, 1.165) is 5.56 Å². The van der Waals surface area contributed by atoms with Crippen LogP contribution in [-0.4, -0.2) is 23.5 Å². The van der Waals surface area contributed by atoms with E-state index < -0.39 is 5.97 Å². The Balaban J connectivity index is 1.76. The smallest absolute Gasteiger partial charge is 0.303 e. The maximum Gasteiger partial charge on any atom is 0.303 e. The minimum atomic E-state index is -0.984. The van der Waals surface area contributed by atoms with Crippen LogP contribution in [0.1, 0.15) is 18.4 Å². The van der Waals surface area contributed by atoms with Gasteiger partial charge in [-0.1, -0.05) is 12.1 Å². The average molecular weight is 331 g/mol. The van der Waals surface area contributed by atoms with E-state index in [0.29, 0.717) is 24.5 Å². The van der Waals surface area contributed by atoms with Crippen LogP contribution >= 0.6 is 0 Å². The summed E-state index contributed by atoms with van der Waals surface area (Å²) in [5.41, 5.74) is 1.01. The average Bonchev–Trinajstić information content (AvgIpc) is 2.57. The molecule has 24 heavy (non-hydrogen) atoms. The topological polar surface area (TPSA) is 75.6 Å². The van der Waals surface area contributed by atoms with Gasteiger partial charge in [-0.2, -0.15) is 0 Å². The summed E-state index contributed by atoms with van der Waals surface area (Å²) in [7, 11) is 0. The Morgan fingerprint density at radius 2 is 1.54 bits per heavy atom. The van der Waals surface area contributed by atoms with E-state index in [1.54, 1.807) is 24.3 Å². The Morgan fingerprint density at radius 3 is 2.12 bits per heavy atom. The lowest BCUT2D eigenvalue weighted by molar-refractivity contribution is -0.138. The zero-order valence-corrected chi connectivity index (χ0v) is 13.0. The van der Waals surface area contributed by atoms with Crippen LogP contribution in [0.4, 0.5) is 4.39 Å². The first-order valence-corrected chi connectivity index (χ1v) is 7.54. The molecule has 0 heterocycles. The molecule has 2 aromatic carbocycles. The fourth-order valence-corrected chi connectivity index (χ4v) is 2.02. The highest BCUT2D eigenvalue weighted by Crippen LogP contribution is 2.21. The fraction of sp³-hybridized carbons (Fsp3) is 0.222. The largest absolute Gasteiger partial charge is 0.481 e. The van der Waals surface area contributed by atoms with Gasteiger partial charge < -0.3 is 15.2 Å². The van der Waals surface area contributed by atoms with Gasteiger partial charge in [0, 0.05) is 13.0 Å². The molecule has 0 aliphatic heterocycles. The number of nitrogens with one attached hydrogen (secondary N) is 1. The molecule has 2 aromatic rings. The number of amides is 1. The number of hydrogen-bond acceptors (Lipinski definition) is 3. The minimum absolute atomic E-state index is 0.0141. The molecular formula is C18H18FNO4. The number of ether oxygens (including phenoxy) is 1. The lowest BCUT2D eigenvalue weighted by atomic mass is 10.1. The fourth-order valence-electron chi connectivity index (χ4n) is 2.02. The van der Waals surface area contributed by atoms with Crippen LogP contribution in [0, 0.1) is 5.82 Å². The van der Waals surface area contributed by atoms with Crippen LogP contribution in [0.3, 0.4) is 0 Å². The van der Waals surface area contributed by atoms with Crippen molar-refractivity contribution < 1.29 is 23.8 Å². The third-order valence-corrected chi connectivity index (χ3v) is 3.27. The summed E-state index contributed by atoms with van der Waals surface area (Å²) in [6.07, 6.45) is 0.455. The molecule has 0 atom stereocenters. The van der Waals surface area contributed by atoms with Gasteiger partial charge in [0.1, 0.15) is 17.3 Å². The van der Waals surface area contributed by atoms with Crippen LogP contribution in [0.25, 0.3) is 0 Å². The number of carboxylic acids is 1. The monoisotopic (exact) mass is 331 g/mol. The van der Waals surface area contributed by atoms with E-state index in [4.69, 9.17) is 9.84 Å². The lowest BCUT2D eigenvalue weighted by Gasteiger charge is -2.07. The summed E-state index contributed by atoms with van der Waals surface area (Å²) < 4.78 is 18.4. The molecule has 2 N–H and O–H groups in total. The quantitative estimate of drug-likeness (QED) is 0.779. The zero-order chi connectivity index (χ0) is 17.4. The molecule has 5 nitrogen and oxygen atoms in total. The van der Waals surface area contributed by atoms with Crippen LogP contribution in [0.5, 0.6) is 11.5 Å². The first kappa shape index (κ1) is 17.5. The summed E-state index contributed by atoms with van der Waals surface area (Å²) in [6, 6.07) is 13.1. The van der Waals surface area contributed by atoms with Crippen LogP contribution < -0.4 is 10.1 Å². The normalized spacial score (nSPS) is 10.2. The number of rotatable bonds is 8. The minimum Gasteiger partial charge on any atom is -0.481 e. The summed E-state index contributed by atoms with van der Waals surface area (Å²) >= 11 is 0. The van der Waals surface area contributed by atoms with E-state index in [-0.39, 0.29) is 24.6 Å². The van der Waals surface area contributed by atoms with E-state index in [9.17, 15) is 14.0 Å². The van der Waals surface area contributed by atoms with E-state index in [2.05, 4.69) is 5.32 Å². The number of benzene rings is 2. The van der Waals surface area contributed by atoms with Gasteiger partial charge in [0.15, 0.2) is 0 Å². The highest BCUT2D eigenvalue weighted by Gasteiger charge is 2.05. The first-order chi connectivity index (χ1) is 11.5. The van der Waals surface area contributed by atoms with Gasteiger partial charge in [-0.15, -0.1) is 0 Å². The molecule has 0 saturated carbocycles. The van der Waals surface area contributed by atoms with Crippen molar-refractivity contribution in [3.63, 3.8) is 0 Å². The summed E-state index contributed by atoms with van der Waals surface area (Å²) in [6.45, 7) is 0.441. The SMILES string of the molecule is O=C(O)CCC(=O)NCCc1ccc(Oc2ccc(F)cc2)cc1. The van der Waals surface area contributed by atoms with Crippen LogP contribution in [0.2, 0.25) is 0 Å². The third kappa shape index (κ3) is 6.08. The predicted octanol–water partition coefficient (Wildman–Crippen LogP) is 3.14. The number of aliphatic carboxylic acids is 1. The zero-order valence-electron chi connectivity index (χ0n) is 13.0. The molecule has 0 saturated heterocycles. The van der Waals surface area contributed by atoms with E-state index >= 15 is 0 Å². The van der Waals surface area contributed by atoms with Crippen molar-refractivity contribution in [3.8, 4) is 11.5 Å². The van der Waals surface area contributed by atoms with Gasteiger partial charge in [-0.25, -0.2) is 4.39 Å². The molecular weight excluding hydrogens is 313 g/mol. The van der Waals surface area contributed by atoms with Gasteiger partial charge in [-0.3, -0.25) is 9.59 Å². The van der Waals surface area contributed by atoms with Crippen molar-refractivity contribution in [3.05, 3.63) is 59.9 Å². The number of hydrogen-bond donors (Lipinski definition) is 2. The molecule has 6 heteroatoms. The van der Waals surface area contributed by atoms with Crippen molar-refractivity contribution in [1.29, 1.82) is 0 Å². The summed E-state index contributed by atoms with van der Waals surface area (Å²) in [4.78, 5) is 21.8. The first-order valence-electron chi connectivity index (χ1n) is 7.54. The maximum atomic E-state index is 12.8. The molecule has 126 valence electrons. The molecule has 0 aliphatic carbocycles. The third-order valence-electron chi connectivity index (χ3n) is 3.27. The highest BCUT2D eigenvalue weighted by atomic mass is 19.1. The van der Waals surface area contributed by atoms with Crippen molar-refractivity contribution in [2.24, 2.45) is 0 Å². The van der Waals surface area contributed by atoms with E-state index in [1.165, 1.54) is 12.1 Å². The molecule has 0 unspecified atom stereocenters. The maximum absolute atomic E-state index is 12.8. The molecule has 2 rings (SSSR count). The Morgan fingerprint density at radius 1 is 0.958 bits per heavy atom. The molecule has 1 amide bonds. The Labute approximate surface area is 139 Å². The summed E-state index contributed by atoms with van der Waals surface area (Å²) in [5, 5.41) is 11.2. The standard InChI is InChI=1S/C18H18FNO4/c19-14-3-7-16(8-4-14)24-15-5-1-13(2-6-15)11-12-20-17(21)9-10-18(22)23/h1-8H,9-12H2,(H,20,21)(H,22,23). The van der Waals surface area contributed by atoms with Gasteiger partial charge in [-0.05, 0) is 48.4 Å². The number of halogens is 1. The molecule has 0 aromatic heterocycles. The molecule has 0 fully saturated rings. The number of carbonyl (C=O) groups is 2. The van der Waals surface area contributed by atoms with Crippen LogP contribution in [0.15, 0.2) is 48.5 Å². The molecule has 0 aliphatic rings. The second-order valence-electron chi connectivity index (χ2n) is 5.19. The van der Waals surface area contributed by atoms with Crippen molar-refractivity contribution >= 4 is 11.9 Å². The highest BCUT2D eigenvalue weighted by molar-refractivity contribution is 5.80. The van der Waals surface area contributed by atoms with Crippen molar-refractivity contribution in [2.75, 3.05) is 6.54 Å². The Bertz CT molecular complexity index is 683. The van der Waals surface area contributed by atoms with Gasteiger partial charge in [0.25, 0.3) is 0 Å². The van der Waals surface area contributed by atoms with Gasteiger partial charge in [0.2, 0.25) is 5.91 Å².